The minimum absolute atomic E-state index is 0.108. The van der Waals surface area contributed by atoms with Gasteiger partial charge in [0, 0.05) is 25.8 Å². The molecule has 0 aromatic rings. The fourth-order valence-electron chi connectivity index (χ4n) is 2.49. The molecule has 0 aliphatic carbocycles. The summed E-state index contributed by atoms with van der Waals surface area (Å²) in [6.07, 6.45) is 2.00. The summed E-state index contributed by atoms with van der Waals surface area (Å²) in [6, 6.07) is 2.39. The highest BCUT2D eigenvalue weighted by Crippen LogP contribution is 2.30. The van der Waals surface area contributed by atoms with E-state index in [1.165, 1.54) is 0 Å². The molecule has 2 heterocycles. The molecule has 94 valence electrons. The molecule has 0 aromatic heterocycles. The highest BCUT2D eigenvalue weighted by atomic mass is 16.5. The van der Waals surface area contributed by atoms with Crippen LogP contribution in [0.1, 0.15) is 19.3 Å². The number of carbonyl (C=O) groups excluding carboxylic acids is 1. The molecule has 2 aliphatic rings. The number of carbonyl (C=O) groups is 1. The summed E-state index contributed by atoms with van der Waals surface area (Å²) in [5.41, 5.74) is -0.862. The van der Waals surface area contributed by atoms with Gasteiger partial charge in [-0.3, -0.25) is 4.79 Å². The zero-order chi connectivity index (χ0) is 12.3. The Morgan fingerprint density at radius 2 is 2.24 bits per heavy atom. The van der Waals surface area contributed by atoms with Gasteiger partial charge in [0.05, 0.1) is 6.07 Å². The Morgan fingerprint density at radius 1 is 1.53 bits per heavy atom. The molecule has 2 saturated heterocycles. The van der Waals surface area contributed by atoms with Crippen molar-refractivity contribution in [1.82, 2.24) is 10.2 Å². The maximum absolute atomic E-state index is 12.2. The van der Waals surface area contributed by atoms with E-state index in [0.29, 0.717) is 26.1 Å². The lowest BCUT2D eigenvalue weighted by molar-refractivity contribution is -0.133. The second-order valence-corrected chi connectivity index (χ2v) is 5.03. The van der Waals surface area contributed by atoms with Crippen LogP contribution in [0.2, 0.25) is 0 Å². The van der Waals surface area contributed by atoms with Crippen LogP contribution in [0.15, 0.2) is 0 Å². The van der Waals surface area contributed by atoms with Crippen molar-refractivity contribution in [2.75, 3.05) is 33.4 Å². The van der Waals surface area contributed by atoms with E-state index < -0.39 is 5.41 Å². The topological polar surface area (TPSA) is 65.4 Å². The molecule has 17 heavy (non-hydrogen) atoms. The second-order valence-electron chi connectivity index (χ2n) is 5.03. The average molecular weight is 237 g/mol. The van der Waals surface area contributed by atoms with Gasteiger partial charge in [0.1, 0.15) is 5.41 Å². The highest BCUT2D eigenvalue weighted by molar-refractivity contribution is 5.85. The van der Waals surface area contributed by atoms with E-state index >= 15 is 0 Å². The van der Waals surface area contributed by atoms with Crippen molar-refractivity contribution in [1.29, 1.82) is 5.26 Å². The van der Waals surface area contributed by atoms with Crippen LogP contribution in [-0.2, 0) is 9.53 Å². The van der Waals surface area contributed by atoms with Crippen molar-refractivity contribution in [2.45, 2.75) is 25.3 Å². The average Bonchev–Trinajstić information content (AvgIpc) is 2.75. The van der Waals surface area contributed by atoms with Gasteiger partial charge in [-0.15, -0.1) is 0 Å². The lowest BCUT2D eigenvalue weighted by atomic mass is 9.80. The molecule has 0 radical (unpaired) electrons. The Labute approximate surface area is 102 Å². The molecule has 2 fully saturated rings. The molecule has 1 N–H and O–H groups in total. The summed E-state index contributed by atoms with van der Waals surface area (Å²) < 4.78 is 5.22. The van der Waals surface area contributed by atoms with Crippen LogP contribution in [0.3, 0.4) is 0 Å². The first-order chi connectivity index (χ1) is 8.16. The van der Waals surface area contributed by atoms with E-state index in [1.807, 2.05) is 7.05 Å². The molecule has 1 amide bonds. The van der Waals surface area contributed by atoms with Gasteiger partial charge < -0.3 is 15.0 Å². The third-order valence-corrected chi connectivity index (χ3v) is 3.72. The largest absolute Gasteiger partial charge is 0.381 e. The lowest BCUT2D eigenvalue weighted by Gasteiger charge is -2.30. The van der Waals surface area contributed by atoms with Gasteiger partial charge in [-0.2, -0.15) is 5.26 Å². The van der Waals surface area contributed by atoms with Gasteiger partial charge in [0.25, 0.3) is 0 Å². The van der Waals surface area contributed by atoms with Gasteiger partial charge in [-0.05, 0) is 32.9 Å². The van der Waals surface area contributed by atoms with E-state index in [9.17, 15) is 10.1 Å². The minimum Gasteiger partial charge on any atom is -0.381 e. The third-order valence-electron chi connectivity index (χ3n) is 3.72. The predicted molar refractivity (Wildman–Crippen MR) is 62.1 cm³/mol. The maximum atomic E-state index is 12.2. The summed E-state index contributed by atoms with van der Waals surface area (Å²) in [4.78, 5) is 14.4. The van der Waals surface area contributed by atoms with Crippen LogP contribution in [0.5, 0.6) is 0 Å². The van der Waals surface area contributed by atoms with E-state index in [-0.39, 0.29) is 11.9 Å². The number of likely N-dealkylation sites (tertiary alicyclic amines) is 1. The van der Waals surface area contributed by atoms with E-state index in [1.54, 1.807) is 0 Å². The fraction of sp³-hybridized carbons (Fsp3) is 0.833. The molecule has 0 spiro atoms. The number of likely N-dealkylation sites (N-methyl/N-ethyl adjacent to an activating group) is 1. The summed E-state index contributed by atoms with van der Waals surface area (Å²) in [5, 5.41) is 12.3. The number of rotatable bonds is 2. The summed E-state index contributed by atoms with van der Waals surface area (Å²) in [6.45, 7) is 2.90. The van der Waals surface area contributed by atoms with Crippen molar-refractivity contribution in [2.24, 2.45) is 5.41 Å². The molecule has 2 aliphatic heterocycles. The SMILES string of the molecule is CN1CCC(NC(=O)C2(C#N)CCOCC2)C1. The van der Waals surface area contributed by atoms with Crippen molar-refractivity contribution < 1.29 is 9.53 Å². The minimum atomic E-state index is -0.862. The molecule has 0 aromatic carbocycles. The normalized spacial score (nSPS) is 28.6. The van der Waals surface area contributed by atoms with Gasteiger partial charge in [0.15, 0.2) is 0 Å². The van der Waals surface area contributed by atoms with Crippen LogP contribution < -0.4 is 5.32 Å². The summed E-state index contributed by atoms with van der Waals surface area (Å²) in [7, 11) is 2.04. The number of nitriles is 1. The lowest BCUT2D eigenvalue weighted by Crippen LogP contribution is -2.48. The van der Waals surface area contributed by atoms with Crippen molar-refractivity contribution in [3.63, 3.8) is 0 Å². The van der Waals surface area contributed by atoms with E-state index in [4.69, 9.17) is 4.74 Å². The summed E-state index contributed by atoms with van der Waals surface area (Å²) >= 11 is 0. The quantitative estimate of drug-likeness (QED) is 0.741. The first-order valence-corrected chi connectivity index (χ1v) is 6.15. The van der Waals surface area contributed by atoms with E-state index in [0.717, 1.165) is 19.5 Å². The summed E-state index contributed by atoms with van der Waals surface area (Å²) in [5.74, 6) is -0.108. The maximum Gasteiger partial charge on any atom is 0.240 e. The van der Waals surface area contributed by atoms with Gasteiger partial charge in [-0.1, -0.05) is 0 Å². The smallest absolute Gasteiger partial charge is 0.240 e. The molecule has 2 rings (SSSR count). The van der Waals surface area contributed by atoms with E-state index in [2.05, 4.69) is 16.3 Å². The number of nitrogens with zero attached hydrogens (tertiary/aromatic N) is 2. The van der Waals surface area contributed by atoms with Gasteiger partial charge in [0.2, 0.25) is 5.91 Å². The monoisotopic (exact) mass is 237 g/mol. The molecular weight excluding hydrogens is 218 g/mol. The molecule has 5 heteroatoms. The number of hydrogen-bond donors (Lipinski definition) is 1. The van der Waals surface area contributed by atoms with Crippen LogP contribution in [0.4, 0.5) is 0 Å². The van der Waals surface area contributed by atoms with Gasteiger partial charge in [-0.25, -0.2) is 0 Å². The Morgan fingerprint density at radius 3 is 2.76 bits per heavy atom. The van der Waals surface area contributed by atoms with Gasteiger partial charge >= 0.3 is 0 Å². The second kappa shape index (κ2) is 5.03. The van der Waals surface area contributed by atoms with Crippen molar-refractivity contribution in [3.8, 4) is 6.07 Å². The molecule has 1 unspecified atom stereocenters. The molecule has 5 nitrogen and oxygen atoms in total. The third kappa shape index (κ3) is 2.59. The Kier molecular flexibility index (Phi) is 3.65. The van der Waals surface area contributed by atoms with Crippen molar-refractivity contribution >= 4 is 5.91 Å². The number of nitrogens with one attached hydrogen (secondary N) is 1. The predicted octanol–water partition coefficient (Wildman–Crippen LogP) is 0.127. The Balaban J connectivity index is 1.96. The number of hydrogen-bond acceptors (Lipinski definition) is 4. The highest BCUT2D eigenvalue weighted by Gasteiger charge is 2.41. The molecule has 1 atom stereocenters. The molecule has 0 bridgehead atoms. The number of amides is 1. The van der Waals surface area contributed by atoms with Crippen molar-refractivity contribution in [3.05, 3.63) is 0 Å². The molecular formula is C12H19N3O2. The first kappa shape index (κ1) is 12.3. The fourth-order valence-corrected chi connectivity index (χ4v) is 2.49. The van der Waals surface area contributed by atoms with Crippen LogP contribution in [0.25, 0.3) is 0 Å². The zero-order valence-electron chi connectivity index (χ0n) is 10.2. The number of ether oxygens (including phenoxy) is 1. The van der Waals surface area contributed by atoms with Crippen LogP contribution in [-0.4, -0.2) is 50.2 Å². The molecule has 0 saturated carbocycles. The standard InChI is InChI=1S/C12H19N3O2/c1-15-5-2-10(8-15)14-11(16)12(9-13)3-6-17-7-4-12/h10H,2-8H2,1H3,(H,14,16). The Hall–Kier alpha value is -1.12. The van der Waals surface area contributed by atoms with Crippen LogP contribution in [0, 0.1) is 16.7 Å². The Bertz CT molecular complexity index is 331. The van der Waals surface area contributed by atoms with Crippen LogP contribution >= 0.6 is 0 Å². The first-order valence-electron chi connectivity index (χ1n) is 6.15. The zero-order valence-corrected chi connectivity index (χ0v) is 10.2.